The number of halogens is 1. The number of benzene rings is 1. The van der Waals surface area contributed by atoms with Crippen LogP contribution < -0.4 is 0 Å². The van der Waals surface area contributed by atoms with Gasteiger partial charge in [0.2, 0.25) is 0 Å². The minimum Gasteiger partial charge on any atom is -0.337 e. The highest BCUT2D eigenvalue weighted by Gasteiger charge is 2.18. The Morgan fingerprint density at radius 1 is 1.26 bits per heavy atom. The van der Waals surface area contributed by atoms with Crippen LogP contribution in [0.4, 0.5) is 0 Å². The van der Waals surface area contributed by atoms with Crippen LogP contribution in [0.5, 0.6) is 0 Å². The molecule has 0 saturated carbocycles. The Morgan fingerprint density at radius 2 is 1.84 bits per heavy atom. The summed E-state index contributed by atoms with van der Waals surface area (Å²) in [7, 11) is 0. The van der Waals surface area contributed by atoms with E-state index in [0.717, 1.165) is 10.0 Å². The largest absolute Gasteiger partial charge is 0.337 e. The van der Waals surface area contributed by atoms with Gasteiger partial charge in [0.25, 0.3) is 5.91 Å². The van der Waals surface area contributed by atoms with Crippen LogP contribution in [-0.4, -0.2) is 23.9 Å². The van der Waals surface area contributed by atoms with E-state index < -0.39 is 0 Å². The maximum absolute atomic E-state index is 12.4. The minimum absolute atomic E-state index is 0.152. The molecule has 0 aliphatic rings. The number of hydrogen-bond donors (Lipinski definition) is 0. The molecule has 0 bridgehead atoms. The summed E-state index contributed by atoms with van der Waals surface area (Å²) in [6.07, 6.45) is 0.529. The van der Waals surface area contributed by atoms with Crippen LogP contribution in [0.1, 0.15) is 28.8 Å². The van der Waals surface area contributed by atoms with Gasteiger partial charge in [-0.15, -0.1) is 0 Å². The van der Waals surface area contributed by atoms with Crippen LogP contribution >= 0.6 is 15.9 Å². The van der Waals surface area contributed by atoms with Gasteiger partial charge in [-0.05, 0) is 34.5 Å². The lowest BCUT2D eigenvalue weighted by Gasteiger charge is -2.21. The van der Waals surface area contributed by atoms with E-state index in [0.29, 0.717) is 18.7 Å². The normalized spacial score (nSPS) is 9.47. The molecule has 1 aromatic rings. The second-order valence-corrected chi connectivity index (χ2v) is 4.84. The second-order valence-electron chi connectivity index (χ2n) is 4.04. The van der Waals surface area contributed by atoms with E-state index in [9.17, 15) is 4.79 Å². The molecule has 1 aromatic carbocycles. The fourth-order valence-corrected chi connectivity index (χ4v) is 2.10. The molecule has 0 unspecified atom stereocenters. The first-order valence-corrected chi connectivity index (χ1v) is 6.69. The van der Waals surface area contributed by atoms with Crippen LogP contribution in [0.2, 0.25) is 0 Å². The molecular formula is C14H14BrN3O. The lowest BCUT2D eigenvalue weighted by molar-refractivity contribution is 0.0761. The summed E-state index contributed by atoms with van der Waals surface area (Å²) in [5.41, 5.74) is 1.54. The summed E-state index contributed by atoms with van der Waals surface area (Å²) in [4.78, 5) is 14.0. The maximum atomic E-state index is 12.4. The molecule has 0 radical (unpaired) electrons. The number of nitrogens with zero attached hydrogens (tertiary/aromatic N) is 3. The molecule has 0 N–H and O–H groups in total. The van der Waals surface area contributed by atoms with Crippen LogP contribution in [0.15, 0.2) is 22.7 Å². The van der Waals surface area contributed by atoms with Gasteiger partial charge in [-0.1, -0.05) is 12.1 Å². The molecule has 0 spiro atoms. The number of rotatable bonds is 5. The van der Waals surface area contributed by atoms with Gasteiger partial charge in [-0.25, -0.2) is 0 Å². The number of hydrogen-bond acceptors (Lipinski definition) is 3. The summed E-state index contributed by atoms with van der Waals surface area (Å²) >= 11 is 3.41. The summed E-state index contributed by atoms with van der Waals surface area (Å²) < 4.78 is 0.763. The zero-order valence-corrected chi connectivity index (χ0v) is 12.3. The van der Waals surface area contributed by atoms with E-state index in [1.807, 2.05) is 31.2 Å². The second kappa shape index (κ2) is 7.56. The summed E-state index contributed by atoms with van der Waals surface area (Å²) in [5, 5.41) is 17.3. The van der Waals surface area contributed by atoms with Gasteiger partial charge in [0, 0.05) is 17.6 Å². The molecule has 1 rings (SSSR count). The van der Waals surface area contributed by atoms with Crippen molar-refractivity contribution in [1.29, 1.82) is 10.5 Å². The van der Waals surface area contributed by atoms with Gasteiger partial charge in [0.05, 0.1) is 30.5 Å². The van der Waals surface area contributed by atoms with Crippen molar-refractivity contribution in [2.45, 2.75) is 19.8 Å². The molecule has 0 fully saturated rings. The number of carbonyl (C=O) groups excluding carboxylic acids is 1. The molecule has 0 aliphatic carbocycles. The van der Waals surface area contributed by atoms with Crippen molar-refractivity contribution in [2.24, 2.45) is 0 Å². The topological polar surface area (TPSA) is 67.9 Å². The highest BCUT2D eigenvalue weighted by atomic mass is 79.9. The molecule has 98 valence electrons. The van der Waals surface area contributed by atoms with E-state index in [1.54, 1.807) is 11.0 Å². The number of amides is 1. The molecule has 0 atom stereocenters. The van der Waals surface area contributed by atoms with Crippen molar-refractivity contribution in [1.82, 2.24) is 4.90 Å². The predicted molar refractivity (Wildman–Crippen MR) is 75.2 cm³/mol. The third-order valence-corrected chi connectivity index (χ3v) is 3.75. The van der Waals surface area contributed by atoms with Gasteiger partial charge < -0.3 is 4.90 Å². The van der Waals surface area contributed by atoms with E-state index in [1.165, 1.54) is 0 Å². The van der Waals surface area contributed by atoms with Crippen molar-refractivity contribution >= 4 is 21.8 Å². The number of nitriles is 2. The van der Waals surface area contributed by atoms with Crippen molar-refractivity contribution in [3.8, 4) is 12.1 Å². The predicted octanol–water partition coefficient (Wildman–Crippen LogP) is 3.03. The Hall–Kier alpha value is -1.85. The molecule has 0 aliphatic heterocycles. The van der Waals surface area contributed by atoms with E-state index in [4.69, 9.17) is 10.5 Å². The van der Waals surface area contributed by atoms with Gasteiger partial charge in [0.15, 0.2) is 0 Å². The van der Waals surface area contributed by atoms with E-state index in [2.05, 4.69) is 15.9 Å². The van der Waals surface area contributed by atoms with Crippen molar-refractivity contribution in [3.63, 3.8) is 0 Å². The SMILES string of the molecule is Cc1cccc(C(=O)N(CCC#N)CCC#N)c1Br. The molecule has 0 aromatic heterocycles. The van der Waals surface area contributed by atoms with Crippen LogP contribution in [0.25, 0.3) is 0 Å². The zero-order chi connectivity index (χ0) is 14.3. The van der Waals surface area contributed by atoms with Gasteiger partial charge >= 0.3 is 0 Å². The van der Waals surface area contributed by atoms with Crippen molar-refractivity contribution in [2.75, 3.05) is 13.1 Å². The highest BCUT2D eigenvalue weighted by Crippen LogP contribution is 2.22. The smallest absolute Gasteiger partial charge is 0.255 e. The third-order valence-electron chi connectivity index (χ3n) is 2.70. The lowest BCUT2D eigenvalue weighted by atomic mass is 10.1. The van der Waals surface area contributed by atoms with Crippen molar-refractivity contribution in [3.05, 3.63) is 33.8 Å². The average molecular weight is 320 g/mol. The van der Waals surface area contributed by atoms with Crippen molar-refractivity contribution < 1.29 is 4.79 Å². The van der Waals surface area contributed by atoms with E-state index in [-0.39, 0.29) is 18.7 Å². The van der Waals surface area contributed by atoms with Crippen LogP contribution in [0.3, 0.4) is 0 Å². The Labute approximate surface area is 121 Å². The van der Waals surface area contributed by atoms with Crippen LogP contribution in [-0.2, 0) is 0 Å². The maximum Gasteiger partial charge on any atom is 0.255 e. The first-order valence-electron chi connectivity index (χ1n) is 5.90. The first-order chi connectivity index (χ1) is 9.11. The quantitative estimate of drug-likeness (QED) is 0.837. The highest BCUT2D eigenvalue weighted by molar-refractivity contribution is 9.10. The summed E-state index contributed by atoms with van der Waals surface area (Å²) in [6, 6.07) is 9.51. The summed E-state index contributed by atoms with van der Waals surface area (Å²) in [6.45, 7) is 2.60. The summed E-state index contributed by atoms with van der Waals surface area (Å²) in [5.74, 6) is -0.152. The fourth-order valence-electron chi connectivity index (χ4n) is 1.67. The van der Waals surface area contributed by atoms with Gasteiger partial charge in [-0.3, -0.25) is 4.79 Å². The third kappa shape index (κ3) is 4.08. The lowest BCUT2D eigenvalue weighted by Crippen LogP contribution is -2.33. The Bertz CT molecular complexity index is 525. The van der Waals surface area contributed by atoms with Gasteiger partial charge in [0.1, 0.15) is 0 Å². The van der Waals surface area contributed by atoms with E-state index >= 15 is 0 Å². The Morgan fingerprint density at radius 3 is 2.37 bits per heavy atom. The van der Waals surface area contributed by atoms with Crippen LogP contribution in [0, 0.1) is 29.6 Å². The molecule has 0 heterocycles. The molecule has 1 amide bonds. The number of aryl methyl sites for hydroxylation is 1. The fraction of sp³-hybridized carbons (Fsp3) is 0.357. The monoisotopic (exact) mass is 319 g/mol. The number of carbonyl (C=O) groups is 1. The molecule has 5 heteroatoms. The molecule has 19 heavy (non-hydrogen) atoms. The zero-order valence-electron chi connectivity index (χ0n) is 10.7. The Balaban J connectivity index is 2.95. The Kier molecular flexibility index (Phi) is 6.05. The first kappa shape index (κ1) is 15.2. The molecular weight excluding hydrogens is 306 g/mol. The average Bonchev–Trinajstić information content (AvgIpc) is 2.41. The van der Waals surface area contributed by atoms with Gasteiger partial charge in [-0.2, -0.15) is 10.5 Å². The standard InChI is InChI=1S/C14H14BrN3O/c1-11-5-2-6-12(13(11)15)14(19)18(9-3-7-16)10-4-8-17/h2,5-6H,3-4,9-10H2,1H3. The molecule has 4 nitrogen and oxygen atoms in total. The molecule has 0 saturated heterocycles. The minimum atomic E-state index is -0.152.